The average molecular weight is 756 g/mol. The number of rotatable bonds is 5. The van der Waals surface area contributed by atoms with Gasteiger partial charge in [-0.25, -0.2) is 0 Å². The predicted octanol–water partition coefficient (Wildman–Crippen LogP) is 10.7. The molecule has 1 radical (unpaired) electrons. The fraction of sp³-hybridized carbons (Fsp3) is 0.171. The Morgan fingerprint density at radius 3 is 2.23 bits per heavy atom. The normalized spacial score (nSPS) is 16.2. The molecule has 4 aromatic carbocycles. The summed E-state index contributed by atoms with van der Waals surface area (Å²) in [6.45, 7) is -4.48. The second-order valence-corrected chi connectivity index (χ2v) is 10.6. The molecule has 2 aromatic heterocycles. The first-order chi connectivity index (χ1) is 23.9. The van der Waals surface area contributed by atoms with Crippen molar-refractivity contribution in [2.24, 2.45) is 0 Å². The van der Waals surface area contributed by atoms with Crippen LogP contribution in [0, 0.1) is 25.8 Å². The molecule has 3 heteroatoms. The van der Waals surface area contributed by atoms with E-state index in [4.69, 9.17) is 9.60 Å². The number of benzene rings is 4. The summed E-state index contributed by atoms with van der Waals surface area (Å²) < 4.78 is 54.2. The Hall–Kier alpha value is -4.17. The summed E-state index contributed by atoms with van der Waals surface area (Å²) in [7, 11) is 0. The zero-order chi connectivity index (χ0) is 35.4. The molecule has 0 atom stereocenters. The van der Waals surface area contributed by atoms with E-state index in [0.717, 1.165) is 40.8 Å². The summed E-state index contributed by atoms with van der Waals surface area (Å²) in [5.41, 5.74) is 8.28. The smallest absolute Gasteiger partial charge is 0.0352 e. The van der Waals surface area contributed by atoms with Gasteiger partial charge in [0.2, 0.25) is 0 Å². The Balaban J connectivity index is 0.000000194. The number of nitrogens with zero attached hydrogens (tertiary/aromatic N) is 2. The van der Waals surface area contributed by atoms with Gasteiger partial charge in [0.15, 0.2) is 0 Å². The molecule has 44 heavy (non-hydrogen) atoms. The van der Waals surface area contributed by atoms with Gasteiger partial charge in [-0.05, 0) is 70.9 Å². The molecule has 0 bridgehead atoms. The Labute approximate surface area is 285 Å². The van der Waals surface area contributed by atoms with Gasteiger partial charge in [-0.3, -0.25) is 0 Å². The molecule has 1 aliphatic rings. The molecule has 7 rings (SSSR count). The van der Waals surface area contributed by atoms with Crippen LogP contribution in [-0.4, -0.2) is 9.97 Å². The molecule has 0 saturated heterocycles. The minimum atomic E-state index is -2.27. The van der Waals surface area contributed by atoms with Crippen LogP contribution < -0.4 is 0 Å². The molecule has 0 N–H and O–H groups in total. The molecule has 0 aliphatic heterocycles. The first kappa shape index (κ1) is 23.2. The molecule has 0 spiro atoms. The van der Waals surface area contributed by atoms with Crippen molar-refractivity contribution in [2.45, 2.75) is 45.3 Å². The van der Waals surface area contributed by atoms with Gasteiger partial charge in [0.1, 0.15) is 0 Å². The second kappa shape index (κ2) is 15.0. The van der Waals surface area contributed by atoms with Crippen molar-refractivity contribution in [1.82, 2.24) is 9.97 Å². The molecule has 1 saturated carbocycles. The van der Waals surface area contributed by atoms with Crippen LogP contribution in [0.5, 0.6) is 0 Å². The standard InChI is InChI=1S/C22H20N.C19H16N.Ir/c1-2-8-20(9-3-1)22-16-21(14-15-23-22)19-12-10-18(11-13-19)17-6-4-5-7-17;1-14-8-11-19(20-13-14)17-10-9-15(2)18(12-17)16-6-4-3-5-7-16;/h1-3,8,10-17H,4-7H2;3-9,11-13H,1-2H3;/q2*-1;/i17D;1D3,2D3;. The van der Waals surface area contributed by atoms with Crippen LogP contribution in [0.2, 0.25) is 0 Å². The first-order valence-electron chi connectivity index (χ1n) is 18.0. The Kier molecular flexibility index (Phi) is 7.93. The van der Waals surface area contributed by atoms with Gasteiger partial charge in [0, 0.05) is 42.1 Å². The van der Waals surface area contributed by atoms with Crippen molar-refractivity contribution >= 4 is 0 Å². The van der Waals surface area contributed by atoms with E-state index in [1.54, 1.807) is 12.1 Å². The van der Waals surface area contributed by atoms with E-state index in [2.05, 4.69) is 52.4 Å². The average Bonchev–Trinajstić information content (AvgIpc) is 3.59. The summed E-state index contributed by atoms with van der Waals surface area (Å²) in [6.07, 6.45) is 7.47. The van der Waals surface area contributed by atoms with Crippen LogP contribution >= 0.6 is 0 Å². The molecule has 1 fully saturated rings. The van der Waals surface area contributed by atoms with Crippen LogP contribution in [0.15, 0.2) is 128 Å². The quantitative estimate of drug-likeness (QED) is 0.164. The molecule has 2 heterocycles. The predicted molar refractivity (Wildman–Crippen MR) is 179 cm³/mol. The maximum Gasteiger partial charge on any atom is 0.0352 e. The van der Waals surface area contributed by atoms with E-state index in [1.807, 2.05) is 66.9 Å². The molecule has 6 aromatic rings. The number of pyridine rings is 2. The fourth-order valence-corrected chi connectivity index (χ4v) is 5.35. The van der Waals surface area contributed by atoms with Crippen LogP contribution in [-0.2, 0) is 20.1 Å². The Morgan fingerprint density at radius 2 is 1.52 bits per heavy atom. The molecule has 2 nitrogen and oxygen atoms in total. The number of aryl methyl sites for hydroxylation is 2. The second-order valence-electron chi connectivity index (χ2n) is 10.6. The molecule has 0 amide bonds. The monoisotopic (exact) mass is 756 g/mol. The summed E-state index contributed by atoms with van der Waals surface area (Å²) in [6, 6.07) is 42.3. The third-order valence-electron chi connectivity index (χ3n) is 7.65. The van der Waals surface area contributed by atoms with Crippen LogP contribution in [0.1, 0.15) is 57.9 Å². The van der Waals surface area contributed by atoms with Gasteiger partial charge < -0.3 is 9.97 Å². The van der Waals surface area contributed by atoms with Gasteiger partial charge in [-0.15, -0.1) is 65.2 Å². The van der Waals surface area contributed by atoms with Gasteiger partial charge >= 0.3 is 0 Å². The summed E-state index contributed by atoms with van der Waals surface area (Å²) in [5.74, 6) is -0.374. The number of hydrogen-bond donors (Lipinski definition) is 0. The summed E-state index contributed by atoms with van der Waals surface area (Å²) in [4.78, 5) is 8.68. The minimum absolute atomic E-state index is 0. The van der Waals surface area contributed by atoms with Crippen molar-refractivity contribution in [1.29, 1.82) is 0 Å². The largest absolute Gasteiger partial charge is 0.305 e. The molecule has 221 valence electrons. The van der Waals surface area contributed by atoms with Crippen molar-refractivity contribution in [3.8, 4) is 44.8 Å². The van der Waals surface area contributed by atoms with Crippen molar-refractivity contribution < 1.29 is 29.7 Å². The zero-order valence-corrected chi connectivity index (χ0v) is 26.6. The van der Waals surface area contributed by atoms with Gasteiger partial charge in [0.25, 0.3) is 0 Å². The molecule has 1 aliphatic carbocycles. The summed E-state index contributed by atoms with van der Waals surface area (Å²) in [5, 5.41) is 0. The van der Waals surface area contributed by atoms with Crippen molar-refractivity contribution in [3.63, 3.8) is 0 Å². The third-order valence-corrected chi connectivity index (χ3v) is 7.65. The van der Waals surface area contributed by atoms with Crippen molar-refractivity contribution in [2.75, 3.05) is 0 Å². The molecule has 0 unspecified atom stereocenters. The third kappa shape index (κ3) is 7.66. The maximum absolute atomic E-state index is 8.63. The van der Waals surface area contributed by atoms with E-state index in [1.165, 1.54) is 36.7 Å². The molecular formula is C41H36IrN2-2. The fourth-order valence-electron chi connectivity index (χ4n) is 5.35. The zero-order valence-electron chi connectivity index (χ0n) is 31.2. The number of aromatic nitrogens is 2. The Bertz CT molecular complexity index is 2020. The van der Waals surface area contributed by atoms with Gasteiger partial charge in [-0.2, -0.15) is 0 Å². The van der Waals surface area contributed by atoms with E-state index < -0.39 is 13.7 Å². The van der Waals surface area contributed by atoms with E-state index in [-0.39, 0.29) is 37.1 Å². The van der Waals surface area contributed by atoms with Crippen LogP contribution in [0.4, 0.5) is 0 Å². The number of hydrogen-bond acceptors (Lipinski definition) is 2. The summed E-state index contributed by atoms with van der Waals surface area (Å²) >= 11 is 0. The van der Waals surface area contributed by atoms with Gasteiger partial charge in [0.05, 0.1) is 0 Å². The maximum atomic E-state index is 8.63. The SMILES string of the molecule is [2H]C([2H])([2H])c1ccc(-c2[c-]cc(C([2H])([2H])[2H])c(-c3ccccc3)c2)nc1.[2H]C1(c2ccc(-c3ccnc(-c4[c-]cccc4)c3)cc2)CCCC1.[Ir]. The van der Waals surface area contributed by atoms with Crippen LogP contribution in [0.3, 0.4) is 0 Å². The topological polar surface area (TPSA) is 25.8 Å². The minimum Gasteiger partial charge on any atom is -0.305 e. The Morgan fingerprint density at radius 1 is 0.705 bits per heavy atom. The van der Waals surface area contributed by atoms with E-state index >= 15 is 0 Å². The van der Waals surface area contributed by atoms with Gasteiger partial charge in [-0.1, -0.05) is 98.1 Å². The van der Waals surface area contributed by atoms with E-state index in [9.17, 15) is 0 Å². The van der Waals surface area contributed by atoms with Crippen molar-refractivity contribution in [3.05, 3.63) is 156 Å². The molecular weight excluding hydrogens is 713 g/mol. The van der Waals surface area contributed by atoms with E-state index in [0.29, 0.717) is 16.8 Å². The van der Waals surface area contributed by atoms with Crippen LogP contribution in [0.25, 0.3) is 44.8 Å². The first-order valence-corrected chi connectivity index (χ1v) is 14.5.